The number of hydrogen-bond donors (Lipinski definition) is 2. The third-order valence-corrected chi connectivity index (χ3v) is 2.80. The van der Waals surface area contributed by atoms with Gasteiger partial charge in [0.25, 0.3) is 0 Å². The minimum Gasteiger partial charge on any atom is -0.378 e. The van der Waals surface area contributed by atoms with Crippen LogP contribution in [0.3, 0.4) is 0 Å². The zero-order valence-corrected chi connectivity index (χ0v) is 8.24. The lowest BCUT2D eigenvalue weighted by Crippen LogP contribution is -2.55. The first-order chi connectivity index (χ1) is 6.75. The fourth-order valence-electron chi connectivity index (χ4n) is 1.81. The molecule has 2 amide bonds. The van der Waals surface area contributed by atoms with Crippen LogP contribution in [0.4, 0.5) is 4.79 Å². The molecule has 0 atom stereocenters. The second-order valence-electron chi connectivity index (χ2n) is 3.98. The summed E-state index contributed by atoms with van der Waals surface area (Å²) in [6.45, 7) is 2.70. The number of morpholine rings is 1. The Morgan fingerprint density at radius 1 is 1.36 bits per heavy atom. The number of nitrogens with zero attached hydrogens (tertiary/aromatic N) is 1. The molecule has 0 aromatic rings. The van der Waals surface area contributed by atoms with Crippen LogP contribution in [0.5, 0.6) is 0 Å². The standard InChI is InChI=1S/C9H17N3O2/c10-7-5-8(6-7)11-9(13)12-1-3-14-4-2-12/h7-8H,1-6,10H2,(H,11,13). The van der Waals surface area contributed by atoms with Crippen molar-refractivity contribution in [2.24, 2.45) is 5.73 Å². The predicted octanol–water partition coefficient (Wildman–Crippen LogP) is -0.482. The summed E-state index contributed by atoms with van der Waals surface area (Å²) < 4.78 is 5.17. The van der Waals surface area contributed by atoms with Crippen LogP contribution in [0.25, 0.3) is 0 Å². The molecule has 0 spiro atoms. The van der Waals surface area contributed by atoms with Gasteiger partial charge < -0.3 is 20.7 Å². The molecule has 2 rings (SSSR count). The van der Waals surface area contributed by atoms with Crippen LogP contribution in [-0.4, -0.2) is 49.3 Å². The fraction of sp³-hybridized carbons (Fsp3) is 0.889. The van der Waals surface area contributed by atoms with Crippen LogP contribution in [0.1, 0.15) is 12.8 Å². The highest BCUT2D eigenvalue weighted by molar-refractivity contribution is 5.74. The molecule has 1 aliphatic heterocycles. The second-order valence-corrected chi connectivity index (χ2v) is 3.98. The molecular formula is C9H17N3O2. The monoisotopic (exact) mass is 199 g/mol. The summed E-state index contributed by atoms with van der Waals surface area (Å²) in [6, 6.07) is 0.607. The van der Waals surface area contributed by atoms with E-state index in [-0.39, 0.29) is 12.1 Å². The largest absolute Gasteiger partial charge is 0.378 e. The van der Waals surface area contributed by atoms with Gasteiger partial charge in [-0.2, -0.15) is 0 Å². The van der Waals surface area contributed by atoms with E-state index in [1.807, 2.05) is 0 Å². The molecule has 1 aliphatic carbocycles. The Bertz CT molecular complexity index is 210. The van der Waals surface area contributed by atoms with Crippen molar-refractivity contribution >= 4 is 6.03 Å². The van der Waals surface area contributed by atoms with E-state index in [1.54, 1.807) is 4.90 Å². The van der Waals surface area contributed by atoms with Gasteiger partial charge in [-0.1, -0.05) is 0 Å². The first-order valence-corrected chi connectivity index (χ1v) is 5.14. The molecule has 2 aliphatic rings. The highest BCUT2D eigenvalue weighted by Gasteiger charge is 2.28. The molecule has 0 unspecified atom stereocenters. The number of nitrogens with one attached hydrogen (secondary N) is 1. The molecule has 5 heteroatoms. The lowest BCUT2D eigenvalue weighted by Gasteiger charge is -2.35. The van der Waals surface area contributed by atoms with Gasteiger partial charge in [-0.25, -0.2) is 4.79 Å². The molecule has 0 aromatic heterocycles. The Morgan fingerprint density at radius 3 is 2.57 bits per heavy atom. The van der Waals surface area contributed by atoms with E-state index in [4.69, 9.17) is 10.5 Å². The molecule has 5 nitrogen and oxygen atoms in total. The van der Waals surface area contributed by atoms with Crippen molar-refractivity contribution < 1.29 is 9.53 Å². The lowest BCUT2D eigenvalue weighted by molar-refractivity contribution is 0.0514. The number of hydrogen-bond acceptors (Lipinski definition) is 3. The number of ether oxygens (including phenoxy) is 1. The predicted molar refractivity (Wildman–Crippen MR) is 51.9 cm³/mol. The van der Waals surface area contributed by atoms with Crippen molar-refractivity contribution in [2.75, 3.05) is 26.3 Å². The van der Waals surface area contributed by atoms with Crippen molar-refractivity contribution in [2.45, 2.75) is 24.9 Å². The summed E-state index contributed by atoms with van der Waals surface area (Å²) in [5.41, 5.74) is 5.64. The zero-order valence-electron chi connectivity index (χ0n) is 8.24. The summed E-state index contributed by atoms with van der Waals surface area (Å²) in [6.07, 6.45) is 1.83. The molecule has 2 fully saturated rings. The van der Waals surface area contributed by atoms with Crippen LogP contribution in [-0.2, 0) is 4.74 Å². The topological polar surface area (TPSA) is 67.6 Å². The smallest absolute Gasteiger partial charge is 0.317 e. The van der Waals surface area contributed by atoms with Gasteiger partial charge >= 0.3 is 6.03 Å². The van der Waals surface area contributed by atoms with Crippen molar-refractivity contribution in [1.82, 2.24) is 10.2 Å². The number of carbonyl (C=O) groups excluding carboxylic acids is 1. The number of urea groups is 1. The fourth-order valence-corrected chi connectivity index (χ4v) is 1.81. The van der Waals surface area contributed by atoms with E-state index in [9.17, 15) is 4.79 Å². The number of carbonyl (C=O) groups is 1. The van der Waals surface area contributed by atoms with Crippen LogP contribution in [0, 0.1) is 0 Å². The average Bonchev–Trinajstić information content (AvgIpc) is 2.17. The maximum Gasteiger partial charge on any atom is 0.317 e. The van der Waals surface area contributed by atoms with Crippen LogP contribution >= 0.6 is 0 Å². The Labute approximate surface area is 83.6 Å². The maximum atomic E-state index is 11.6. The molecule has 14 heavy (non-hydrogen) atoms. The van der Waals surface area contributed by atoms with Crippen molar-refractivity contribution in [3.63, 3.8) is 0 Å². The van der Waals surface area contributed by atoms with Crippen molar-refractivity contribution in [3.8, 4) is 0 Å². The number of rotatable bonds is 1. The molecule has 0 aromatic carbocycles. The molecule has 1 saturated heterocycles. The molecule has 0 radical (unpaired) electrons. The molecule has 1 saturated carbocycles. The van der Waals surface area contributed by atoms with E-state index in [1.165, 1.54) is 0 Å². The van der Waals surface area contributed by atoms with Crippen LogP contribution in [0.2, 0.25) is 0 Å². The van der Waals surface area contributed by atoms with Crippen LogP contribution in [0.15, 0.2) is 0 Å². The first kappa shape index (κ1) is 9.73. The minimum atomic E-state index is 0.0326. The Hall–Kier alpha value is -0.810. The minimum absolute atomic E-state index is 0.0326. The molecule has 3 N–H and O–H groups in total. The molecular weight excluding hydrogens is 182 g/mol. The van der Waals surface area contributed by atoms with E-state index in [0.29, 0.717) is 32.3 Å². The lowest BCUT2D eigenvalue weighted by atomic mass is 9.88. The highest BCUT2D eigenvalue weighted by atomic mass is 16.5. The normalized spacial score (nSPS) is 32.2. The van der Waals surface area contributed by atoms with Crippen molar-refractivity contribution in [3.05, 3.63) is 0 Å². The zero-order chi connectivity index (χ0) is 9.97. The van der Waals surface area contributed by atoms with Gasteiger partial charge in [-0.05, 0) is 12.8 Å². The van der Waals surface area contributed by atoms with Gasteiger partial charge in [0, 0.05) is 25.2 Å². The molecule has 80 valence electrons. The summed E-state index contributed by atoms with van der Waals surface area (Å²) >= 11 is 0. The number of nitrogens with two attached hydrogens (primary N) is 1. The average molecular weight is 199 g/mol. The summed E-state index contributed by atoms with van der Waals surface area (Å²) in [5.74, 6) is 0. The highest BCUT2D eigenvalue weighted by Crippen LogP contribution is 2.17. The molecule has 1 heterocycles. The van der Waals surface area contributed by atoms with Gasteiger partial charge in [0.15, 0.2) is 0 Å². The van der Waals surface area contributed by atoms with Gasteiger partial charge in [-0.15, -0.1) is 0 Å². The second kappa shape index (κ2) is 4.14. The van der Waals surface area contributed by atoms with Gasteiger partial charge in [0.2, 0.25) is 0 Å². The van der Waals surface area contributed by atoms with E-state index >= 15 is 0 Å². The number of amides is 2. The summed E-state index contributed by atoms with van der Waals surface area (Å²) in [4.78, 5) is 13.4. The van der Waals surface area contributed by atoms with Crippen LogP contribution < -0.4 is 11.1 Å². The first-order valence-electron chi connectivity index (χ1n) is 5.14. The van der Waals surface area contributed by atoms with Gasteiger partial charge in [0.1, 0.15) is 0 Å². The maximum absolute atomic E-state index is 11.6. The Morgan fingerprint density at radius 2 is 2.00 bits per heavy atom. The third-order valence-electron chi connectivity index (χ3n) is 2.80. The Balaban J connectivity index is 1.71. The molecule has 0 bridgehead atoms. The Kier molecular flexibility index (Phi) is 2.88. The van der Waals surface area contributed by atoms with Gasteiger partial charge in [0.05, 0.1) is 13.2 Å². The van der Waals surface area contributed by atoms with E-state index < -0.39 is 0 Å². The summed E-state index contributed by atoms with van der Waals surface area (Å²) in [7, 11) is 0. The van der Waals surface area contributed by atoms with Crippen molar-refractivity contribution in [1.29, 1.82) is 0 Å². The van der Waals surface area contributed by atoms with E-state index in [0.717, 1.165) is 12.8 Å². The quantitative estimate of drug-likeness (QED) is 0.599. The van der Waals surface area contributed by atoms with E-state index in [2.05, 4.69) is 5.32 Å². The third kappa shape index (κ3) is 2.16. The summed E-state index contributed by atoms with van der Waals surface area (Å²) in [5, 5.41) is 2.97. The SMILES string of the molecule is NC1CC(NC(=O)N2CCOCC2)C1. The van der Waals surface area contributed by atoms with Gasteiger partial charge in [-0.3, -0.25) is 0 Å².